The van der Waals surface area contributed by atoms with Crippen molar-refractivity contribution in [1.29, 1.82) is 0 Å². The number of aromatic hydroxyl groups is 1. The highest BCUT2D eigenvalue weighted by Crippen LogP contribution is 2.15. The minimum atomic E-state index is 0.0347. The van der Waals surface area contributed by atoms with Gasteiger partial charge < -0.3 is 9.84 Å². The summed E-state index contributed by atoms with van der Waals surface area (Å²) in [5, 5.41) is 9.64. The first-order valence-electron chi connectivity index (χ1n) is 6.19. The zero-order valence-electron chi connectivity index (χ0n) is 11.2. The van der Waals surface area contributed by atoms with E-state index in [1.54, 1.807) is 30.3 Å². The molecular weight excluding hydrogens is 336 g/mol. The van der Waals surface area contributed by atoms with Crippen LogP contribution in [0.2, 0.25) is 0 Å². The third kappa shape index (κ3) is 5.79. The molecule has 0 spiro atoms. The van der Waals surface area contributed by atoms with Crippen LogP contribution >= 0.6 is 15.9 Å². The molecule has 0 aliphatic heterocycles. The highest BCUT2D eigenvalue weighted by atomic mass is 79.9. The van der Waals surface area contributed by atoms with Gasteiger partial charge in [-0.1, -0.05) is 40.2 Å². The quantitative estimate of drug-likeness (QED) is 0.662. The van der Waals surface area contributed by atoms with Crippen LogP contribution in [0.15, 0.2) is 48.5 Å². The van der Waals surface area contributed by atoms with Crippen LogP contribution in [0, 0.1) is 0 Å². The monoisotopic (exact) mass is 350 g/mol. The maximum Gasteiger partial charge on any atom is 0.153 e. The predicted octanol–water partition coefficient (Wildman–Crippen LogP) is 3.48. The zero-order valence-corrected chi connectivity index (χ0v) is 12.8. The summed E-state index contributed by atoms with van der Waals surface area (Å²) in [7, 11) is 0. The van der Waals surface area contributed by atoms with Crippen molar-refractivity contribution in [3.63, 3.8) is 0 Å². The molecule has 5 heteroatoms. The number of hydrogen-bond donors (Lipinski definition) is 1. The number of phenolic OH excluding ortho intramolecular Hbond substituents is 1. The first-order chi connectivity index (χ1) is 10.2. The third-order valence-electron chi connectivity index (χ3n) is 2.44. The molecule has 0 fully saturated rings. The summed E-state index contributed by atoms with van der Waals surface area (Å²) in [6.45, 7) is 0.574. The van der Waals surface area contributed by atoms with Crippen LogP contribution in [0.4, 0.5) is 0 Å². The molecule has 0 radical (unpaired) electrons. The van der Waals surface area contributed by atoms with E-state index in [0.717, 1.165) is 11.6 Å². The van der Waals surface area contributed by atoms with Gasteiger partial charge in [-0.3, -0.25) is 9.59 Å². The average Bonchev–Trinajstić information content (AvgIpc) is 2.54. The predicted molar refractivity (Wildman–Crippen MR) is 84.6 cm³/mol. The molecule has 0 saturated carbocycles. The third-order valence-corrected chi connectivity index (χ3v) is 2.77. The fourth-order valence-corrected chi connectivity index (χ4v) is 1.61. The molecule has 2 rings (SSSR count). The Morgan fingerprint density at radius 3 is 2.05 bits per heavy atom. The van der Waals surface area contributed by atoms with E-state index in [-0.39, 0.29) is 5.75 Å². The molecule has 0 aliphatic rings. The number of carbonyl (C=O) groups is 2. The van der Waals surface area contributed by atoms with Crippen molar-refractivity contribution in [2.75, 3.05) is 11.9 Å². The van der Waals surface area contributed by atoms with Crippen molar-refractivity contribution in [3.8, 4) is 11.5 Å². The smallest absolute Gasteiger partial charge is 0.153 e. The summed E-state index contributed by atoms with van der Waals surface area (Å²) in [6, 6.07) is 13.6. The highest BCUT2D eigenvalue weighted by molar-refractivity contribution is 9.09. The van der Waals surface area contributed by atoms with E-state index < -0.39 is 0 Å². The molecule has 0 saturated heterocycles. The van der Waals surface area contributed by atoms with Crippen molar-refractivity contribution in [1.82, 2.24) is 0 Å². The van der Waals surface area contributed by atoms with E-state index >= 15 is 0 Å². The fraction of sp³-hybridized carbons (Fsp3) is 0.125. The second-order valence-electron chi connectivity index (χ2n) is 3.87. The molecule has 21 heavy (non-hydrogen) atoms. The molecule has 0 aliphatic carbocycles. The maximum absolute atomic E-state index is 10.5. The SMILES string of the molecule is O=Cc1ccccc1O.O=Cc1ccccc1OCCBr. The highest BCUT2D eigenvalue weighted by Gasteiger charge is 1.99. The van der Waals surface area contributed by atoms with Crippen molar-refractivity contribution in [2.24, 2.45) is 0 Å². The van der Waals surface area contributed by atoms with Crippen LogP contribution < -0.4 is 4.74 Å². The summed E-state index contributed by atoms with van der Waals surface area (Å²) >= 11 is 3.24. The first-order valence-corrected chi connectivity index (χ1v) is 7.31. The Bertz CT molecular complexity index is 584. The first kappa shape index (κ1) is 16.9. The van der Waals surface area contributed by atoms with Crippen molar-refractivity contribution in [2.45, 2.75) is 0 Å². The van der Waals surface area contributed by atoms with Gasteiger partial charge in [0.2, 0.25) is 0 Å². The second kappa shape index (κ2) is 9.72. The zero-order chi connectivity index (χ0) is 15.5. The lowest BCUT2D eigenvalue weighted by molar-refractivity contribution is 0.111. The summed E-state index contributed by atoms with van der Waals surface area (Å²) < 4.78 is 5.30. The van der Waals surface area contributed by atoms with Gasteiger partial charge in [0.05, 0.1) is 17.7 Å². The van der Waals surface area contributed by atoms with Gasteiger partial charge in [0.25, 0.3) is 0 Å². The lowest BCUT2D eigenvalue weighted by atomic mass is 10.2. The Kier molecular flexibility index (Phi) is 7.82. The molecular formula is C16H15BrO4. The largest absolute Gasteiger partial charge is 0.507 e. The van der Waals surface area contributed by atoms with Gasteiger partial charge in [-0.2, -0.15) is 0 Å². The minimum Gasteiger partial charge on any atom is -0.507 e. The number of para-hydroxylation sites is 2. The number of rotatable bonds is 5. The topological polar surface area (TPSA) is 63.6 Å². The van der Waals surface area contributed by atoms with Gasteiger partial charge in [0.1, 0.15) is 11.5 Å². The van der Waals surface area contributed by atoms with E-state index in [4.69, 9.17) is 9.84 Å². The van der Waals surface area contributed by atoms with Gasteiger partial charge in [-0.15, -0.1) is 0 Å². The van der Waals surface area contributed by atoms with Crippen LogP contribution in [0.3, 0.4) is 0 Å². The van der Waals surface area contributed by atoms with Crippen LogP contribution in [0.1, 0.15) is 20.7 Å². The van der Waals surface area contributed by atoms with E-state index in [0.29, 0.717) is 29.8 Å². The molecule has 4 nitrogen and oxygen atoms in total. The normalized spacial score (nSPS) is 9.19. The molecule has 0 atom stereocenters. The van der Waals surface area contributed by atoms with Gasteiger partial charge in [0.15, 0.2) is 12.6 Å². The summed E-state index contributed by atoms with van der Waals surface area (Å²) in [4.78, 5) is 20.6. The molecule has 0 heterocycles. The van der Waals surface area contributed by atoms with E-state index in [1.165, 1.54) is 6.07 Å². The van der Waals surface area contributed by atoms with Gasteiger partial charge >= 0.3 is 0 Å². The van der Waals surface area contributed by atoms with Crippen LogP contribution in [-0.4, -0.2) is 29.6 Å². The standard InChI is InChI=1S/C9H9BrO2.C7H6O2/c10-5-6-12-9-4-2-1-3-8(9)7-11;8-5-6-3-1-2-4-7(6)9/h1-4,7H,5-6H2;1-5,9H. The van der Waals surface area contributed by atoms with Crippen LogP contribution in [0.5, 0.6) is 11.5 Å². The number of carbonyl (C=O) groups excluding carboxylic acids is 2. The Morgan fingerprint density at radius 1 is 0.952 bits per heavy atom. The number of halogens is 1. The number of hydrogen-bond acceptors (Lipinski definition) is 4. The minimum absolute atomic E-state index is 0.0347. The van der Waals surface area contributed by atoms with Crippen molar-refractivity contribution >= 4 is 28.5 Å². The average molecular weight is 351 g/mol. The van der Waals surface area contributed by atoms with Gasteiger partial charge in [0, 0.05) is 5.33 Å². The van der Waals surface area contributed by atoms with E-state index in [1.807, 2.05) is 12.1 Å². The molecule has 0 amide bonds. The van der Waals surface area contributed by atoms with E-state index in [9.17, 15) is 9.59 Å². The van der Waals surface area contributed by atoms with Crippen molar-refractivity contribution < 1.29 is 19.4 Å². The summed E-state index contributed by atoms with van der Waals surface area (Å²) in [6.07, 6.45) is 1.42. The fourth-order valence-electron chi connectivity index (χ4n) is 1.45. The molecule has 110 valence electrons. The van der Waals surface area contributed by atoms with Crippen molar-refractivity contribution in [3.05, 3.63) is 59.7 Å². The molecule has 2 aromatic rings. The Morgan fingerprint density at radius 2 is 1.52 bits per heavy atom. The van der Waals surface area contributed by atoms with Crippen LogP contribution in [0.25, 0.3) is 0 Å². The molecule has 2 aromatic carbocycles. The number of aldehydes is 2. The van der Waals surface area contributed by atoms with Gasteiger partial charge in [-0.05, 0) is 24.3 Å². The lowest BCUT2D eigenvalue weighted by Gasteiger charge is -2.05. The Labute approximate surface area is 131 Å². The Hall–Kier alpha value is -2.14. The molecule has 0 aromatic heterocycles. The summed E-state index contributed by atoms with van der Waals surface area (Å²) in [5.74, 6) is 0.680. The second-order valence-corrected chi connectivity index (χ2v) is 4.66. The molecule has 0 bridgehead atoms. The summed E-state index contributed by atoms with van der Waals surface area (Å²) in [5.41, 5.74) is 0.927. The molecule has 1 N–H and O–H groups in total. The Balaban J connectivity index is 0.000000219. The maximum atomic E-state index is 10.5. The van der Waals surface area contributed by atoms with Gasteiger partial charge in [-0.25, -0.2) is 0 Å². The number of ether oxygens (including phenoxy) is 1. The molecule has 0 unspecified atom stereocenters. The van der Waals surface area contributed by atoms with E-state index in [2.05, 4.69) is 15.9 Å². The number of benzene rings is 2. The lowest BCUT2D eigenvalue weighted by Crippen LogP contribution is -1.99. The number of phenols is 1. The van der Waals surface area contributed by atoms with Crippen LogP contribution in [-0.2, 0) is 0 Å². The number of alkyl halides is 1.